The third-order valence-electron chi connectivity index (χ3n) is 4.02. The van der Waals surface area contributed by atoms with Gasteiger partial charge < -0.3 is 9.47 Å². The molecule has 0 spiro atoms. The molecule has 1 saturated carbocycles. The monoisotopic (exact) mass is 328 g/mol. The Hall–Kier alpha value is -1.82. The van der Waals surface area contributed by atoms with Crippen molar-refractivity contribution >= 4 is 5.97 Å². The van der Waals surface area contributed by atoms with E-state index in [1.165, 1.54) is 24.3 Å². The fourth-order valence-electron chi connectivity index (χ4n) is 2.83. The van der Waals surface area contributed by atoms with E-state index in [1.54, 1.807) is 6.07 Å². The molecular weight excluding hydrogens is 309 g/mol. The summed E-state index contributed by atoms with van der Waals surface area (Å²) in [6, 6.07) is 6.82. The molecule has 0 aromatic heterocycles. The molecule has 23 heavy (non-hydrogen) atoms. The van der Waals surface area contributed by atoms with Crippen molar-refractivity contribution in [3.05, 3.63) is 48.0 Å². The summed E-state index contributed by atoms with van der Waals surface area (Å²) in [5, 5.41) is 0. The molecule has 1 aromatic rings. The molecular formula is C17H19F3O3. The number of rotatable bonds is 4. The Bertz CT molecular complexity index is 568. The molecule has 6 heteroatoms. The van der Waals surface area contributed by atoms with E-state index in [9.17, 15) is 18.0 Å². The number of esters is 1. The second kappa shape index (κ2) is 6.74. The molecule has 2 atom stereocenters. The van der Waals surface area contributed by atoms with Crippen LogP contribution in [0.25, 0.3) is 0 Å². The highest BCUT2D eigenvalue weighted by molar-refractivity contribution is 5.82. The van der Waals surface area contributed by atoms with Crippen LogP contribution in [0.5, 0.6) is 0 Å². The van der Waals surface area contributed by atoms with Crippen LogP contribution in [-0.4, -0.2) is 25.4 Å². The molecule has 0 N–H and O–H groups in total. The summed E-state index contributed by atoms with van der Waals surface area (Å²) in [4.78, 5) is 12.4. The lowest BCUT2D eigenvalue weighted by Gasteiger charge is -2.34. The van der Waals surface area contributed by atoms with Crippen molar-refractivity contribution < 1.29 is 27.4 Å². The third kappa shape index (κ3) is 3.42. The summed E-state index contributed by atoms with van der Waals surface area (Å²) >= 11 is 0. The van der Waals surface area contributed by atoms with E-state index < -0.39 is 23.9 Å². The molecule has 1 aromatic carbocycles. The van der Waals surface area contributed by atoms with E-state index in [4.69, 9.17) is 9.47 Å². The number of carbonyl (C=O) groups is 1. The van der Waals surface area contributed by atoms with E-state index in [2.05, 4.69) is 6.58 Å². The minimum atomic E-state index is -4.94. The highest BCUT2D eigenvalue weighted by Crippen LogP contribution is 2.43. The van der Waals surface area contributed by atoms with Gasteiger partial charge in [-0.05, 0) is 19.3 Å². The first-order valence-electron chi connectivity index (χ1n) is 7.36. The fourth-order valence-corrected chi connectivity index (χ4v) is 2.83. The Morgan fingerprint density at radius 2 is 1.91 bits per heavy atom. The van der Waals surface area contributed by atoms with Gasteiger partial charge in [-0.15, -0.1) is 0 Å². The van der Waals surface area contributed by atoms with Gasteiger partial charge in [0, 0.05) is 19.1 Å². The smallest absolute Gasteiger partial charge is 0.432 e. The van der Waals surface area contributed by atoms with Crippen LogP contribution in [-0.2, 0) is 19.9 Å². The highest BCUT2D eigenvalue weighted by Gasteiger charge is 2.64. The Balaban J connectivity index is 2.34. The van der Waals surface area contributed by atoms with Gasteiger partial charge in [0.05, 0.1) is 0 Å². The molecule has 1 fully saturated rings. The lowest BCUT2D eigenvalue weighted by molar-refractivity contribution is -0.278. The van der Waals surface area contributed by atoms with Gasteiger partial charge in [-0.25, -0.2) is 4.79 Å². The minimum Gasteiger partial charge on any atom is -0.459 e. The Labute approximate surface area is 133 Å². The van der Waals surface area contributed by atoms with E-state index >= 15 is 0 Å². The second-order valence-corrected chi connectivity index (χ2v) is 5.62. The van der Waals surface area contributed by atoms with Gasteiger partial charge in [0.25, 0.3) is 5.60 Å². The Kier molecular flexibility index (Phi) is 5.14. The molecule has 0 radical (unpaired) electrons. The molecule has 3 nitrogen and oxygen atoms in total. The number of hydrogen-bond donors (Lipinski definition) is 0. The summed E-state index contributed by atoms with van der Waals surface area (Å²) in [7, 11) is 0.863. The van der Waals surface area contributed by atoms with Crippen LogP contribution in [0, 0.1) is 0 Å². The second-order valence-electron chi connectivity index (χ2n) is 5.62. The summed E-state index contributed by atoms with van der Waals surface area (Å²) in [6.45, 7) is 3.82. The van der Waals surface area contributed by atoms with Gasteiger partial charge in [0.1, 0.15) is 6.10 Å². The molecule has 0 bridgehead atoms. The molecule has 1 aliphatic carbocycles. The maximum absolute atomic E-state index is 13.7. The topological polar surface area (TPSA) is 35.5 Å². The maximum Gasteiger partial charge on any atom is 0.432 e. The lowest BCUT2D eigenvalue weighted by atomic mass is 9.91. The first kappa shape index (κ1) is 17.5. The van der Waals surface area contributed by atoms with Gasteiger partial charge in [0.15, 0.2) is 0 Å². The fraction of sp³-hybridized carbons (Fsp3) is 0.471. The molecule has 0 unspecified atom stereocenters. The van der Waals surface area contributed by atoms with Crippen molar-refractivity contribution in [3.63, 3.8) is 0 Å². The predicted octanol–water partition coefficient (Wildman–Crippen LogP) is 4.13. The zero-order chi connectivity index (χ0) is 17.1. The molecule has 0 amide bonds. The largest absolute Gasteiger partial charge is 0.459 e. The molecule has 1 aliphatic rings. The van der Waals surface area contributed by atoms with Gasteiger partial charge in [-0.2, -0.15) is 13.2 Å². The summed E-state index contributed by atoms with van der Waals surface area (Å²) in [5.41, 5.74) is -2.54. The van der Waals surface area contributed by atoms with Crippen LogP contribution in [0.3, 0.4) is 0 Å². The summed E-state index contributed by atoms with van der Waals surface area (Å²) in [6.07, 6.45) is -3.07. The first-order chi connectivity index (χ1) is 10.8. The zero-order valence-corrected chi connectivity index (χ0v) is 12.9. The molecule has 0 saturated heterocycles. The average Bonchev–Trinajstić information content (AvgIpc) is 2.48. The summed E-state index contributed by atoms with van der Waals surface area (Å²) < 4.78 is 50.9. The lowest BCUT2D eigenvalue weighted by Crippen LogP contribution is -2.52. The predicted molar refractivity (Wildman–Crippen MR) is 78.7 cm³/mol. The van der Waals surface area contributed by atoms with E-state index in [0.717, 1.165) is 25.5 Å². The quantitative estimate of drug-likeness (QED) is 0.616. The number of methoxy groups -OCH3 is 1. The minimum absolute atomic E-state index is 0.297. The standard InChI is InChI=1S/C17H19F3O3/c1-12-7-6-10-14(11-12)23-15(21)16(22-2,17(18,19)20)13-8-4-3-5-9-13/h3-5,8-9,14H,1,6-7,10-11H2,2H3/t14-,16+/m0/s1. The number of ether oxygens (including phenoxy) is 2. The average molecular weight is 328 g/mol. The normalized spacial score (nSPS) is 21.6. The number of hydrogen-bond acceptors (Lipinski definition) is 3. The SMILES string of the molecule is C=C1CCC[C@H](OC(=O)[C@](OC)(c2ccccc2)C(F)(F)F)C1. The number of halogens is 3. The van der Waals surface area contributed by atoms with Crippen molar-refractivity contribution in [2.75, 3.05) is 7.11 Å². The molecule has 2 rings (SSSR count). The van der Waals surface area contributed by atoms with Crippen LogP contribution in [0.4, 0.5) is 13.2 Å². The first-order valence-corrected chi connectivity index (χ1v) is 7.36. The van der Waals surface area contributed by atoms with Crippen LogP contribution in [0.15, 0.2) is 42.5 Å². The van der Waals surface area contributed by atoms with Crippen molar-refractivity contribution in [2.24, 2.45) is 0 Å². The maximum atomic E-state index is 13.7. The third-order valence-corrected chi connectivity index (χ3v) is 4.02. The van der Waals surface area contributed by atoms with Gasteiger partial charge in [0.2, 0.25) is 0 Å². The van der Waals surface area contributed by atoms with E-state index in [0.29, 0.717) is 12.8 Å². The van der Waals surface area contributed by atoms with Crippen molar-refractivity contribution in [1.82, 2.24) is 0 Å². The number of benzene rings is 1. The summed E-state index contributed by atoms with van der Waals surface area (Å²) in [5.74, 6) is -1.43. The van der Waals surface area contributed by atoms with Crippen LogP contribution >= 0.6 is 0 Å². The van der Waals surface area contributed by atoms with Crippen LogP contribution in [0.2, 0.25) is 0 Å². The van der Waals surface area contributed by atoms with Crippen LogP contribution in [0.1, 0.15) is 31.2 Å². The molecule has 0 heterocycles. The van der Waals surface area contributed by atoms with Gasteiger partial charge >= 0.3 is 12.1 Å². The van der Waals surface area contributed by atoms with Crippen molar-refractivity contribution in [2.45, 2.75) is 43.6 Å². The Morgan fingerprint density at radius 1 is 1.26 bits per heavy atom. The number of carbonyl (C=O) groups excluding carboxylic acids is 1. The van der Waals surface area contributed by atoms with Gasteiger partial charge in [-0.1, -0.05) is 42.5 Å². The van der Waals surface area contributed by atoms with E-state index in [-0.39, 0.29) is 5.56 Å². The van der Waals surface area contributed by atoms with Crippen LogP contribution < -0.4 is 0 Å². The molecule has 0 aliphatic heterocycles. The zero-order valence-electron chi connectivity index (χ0n) is 12.9. The Morgan fingerprint density at radius 3 is 2.43 bits per heavy atom. The van der Waals surface area contributed by atoms with Crippen molar-refractivity contribution in [3.8, 4) is 0 Å². The van der Waals surface area contributed by atoms with E-state index in [1.807, 2.05) is 0 Å². The molecule has 126 valence electrons. The highest BCUT2D eigenvalue weighted by atomic mass is 19.4. The van der Waals surface area contributed by atoms with Gasteiger partial charge in [-0.3, -0.25) is 0 Å². The van der Waals surface area contributed by atoms with Crippen molar-refractivity contribution in [1.29, 1.82) is 0 Å². The number of alkyl halides is 3.